The number of carbonyl (C=O) groups excluding carboxylic acids is 1. The van der Waals surface area contributed by atoms with Gasteiger partial charge in [-0.1, -0.05) is 38.5 Å². The lowest BCUT2D eigenvalue weighted by atomic mass is 9.69. The van der Waals surface area contributed by atoms with Gasteiger partial charge in [-0.15, -0.1) is 0 Å². The molecule has 0 aliphatic heterocycles. The third-order valence-corrected chi connectivity index (χ3v) is 4.86. The van der Waals surface area contributed by atoms with E-state index in [4.69, 9.17) is 0 Å². The van der Waals surface area contributed by atoms with Crippen LogP contribution in [0.1, 0.15) is 64.2 Å². The lowest BCUT2D eigenvalue weighted by Gasteiger charge is -2.36. The summed E-state index contributed by atoms with van der Waals surface area (Å²) in [5.74, 6) is 1.99. The zero-order chi connectivity index (χ0) is 12.1. The van der Waals surface area contributed by atoms with Crippen molar-refractivity contribution in [2.75, 3.05) is 7.05 Å². The van der Waals surface area contributed by atoms with Gasteiger partial charge in [0.15, 0.2) is 0 Å². The molecule has 0 spiro atoms. The van der Waals surface area contributed by atoms with E-state index in [1.165, 1.54) is 64.2 Å². The Morgan fingerprint density at radius 2 is 1.29 bits per heavy atom. The minimum atomic E-state index is 0.320. The monoisotopic (exact) mass is 237 g/mol. The highest BCUT2D eigenvalue weighted by Crippen LogP contribution is 2.39. The van der Waals surface area contributed by atoms with Crippen molar-refractivity contribution < 1.29 is 4.79 Å². The summed E-state index contributed by atoms with van der Waals surface area (Å²) in [5, 5.41) is 2.92. The first-order valence-electron chi connectivity index (χ1n) is 7.54. The van der Waals surface area contributed by atoms with Crippen LogP contribution in [0, 0.1) is 17.8 Å². The number of carbonyl (C=O) groups is 1. The quantitative estimate of drug-likeness (QED) is 0.799. The summed E-state index contributed by atoms with van der Waals surface area (Å²) in [6.45, 7) is 0. The number of hydrogen-bond acceptors (Lipinski definition) is 1. The second kappa shape index (κ2) is 6.42. The van der Waals surface area contributed by atoms with Crippen LogP contribution in [-0.2, 0) is 4.79 Å². The third kappa shape index (κ3) is 3.23. The van der Waals surface area contributed by atoms with Crippen LogP contribution < -0.4 is 5.32 Å². The molecule has 0 aromatic rings. The zero-order valence-electron chi connectivity index (χ0n) is 11.2. The molecule has 0 radical (unpaired) electrons. The SMILES string of the molecule is CNC(=O)C(C1CCCCC1)C1CCCCC1. The summed E-state index contributed by atoms with van der Waals surface area (Å²) in [6.07, 6.45) is 13.3. The van der Waals surface area contributed by atoms with Crippen LogP contribution in [0.2, 0.25) is 0 Å². The zero-order valence-corrected chi connectivity index (χ0v) is 11.2. The molecule has 1 N–H and O–H groups in total. The Bertz CT molecular complexity index is 221. The van der Waals surface area contributed by atoms with Gasteiger partial charge in [0.25, 0.3) is 0 Å². The van der Waals surface area contributed by atoms with Gasteiger partial charge in [-0.25, -0.2) is 0 Å². The summed E-state index contributed by atoms with van der Waals surface area (Å²) < 4.78 is 0. The molecule has 2 nitrogen and oxygen atoms in total. The van der Waals surface area contributed by atoms with Crippen LogP contribution in [0.5, 0.6) is 0 Å². The van der Waals surface area contributed by atoms with E-state index in [2.05, 4.69) is 5.32 Å². The van der Waals surface area contributed by atoms with Crippen LogP contribution >= 0.6 is 0 Å². The molecular weight excluding hydrogens is 210 g/mol. The van der Waals surface area contributed by atoms with Crippen LogP contribution in [0.15, 0.2) is 0 Å². The topological polar surface area (TPSA) is 29.1 Å². The second-order valence-corrected chi connectivity index (χ2v) is 5.94. The van der Waals surface area contributed by atoms with Gasteiger partial charge in [-0.3, -0.25) is 4.79 Å². The summed E-state index contributed by atoms with van der Waals surface area (Å²) in [4.78, 5) is 12.2. The lowest BCUT2D eigenvalue weighted by molar-refractivity contribution is -0.129. The molecule has 2 aliphatic rings. The van der Waals surface area contributed by atoms with Crippen molar-refractivity contribution in [2.45, 2.75) is 64.2 Å². The van der Waals surface area contributed by atoms with Crippen molar-refractivity contribution >= 4 is 5.91 Å². The number of amides is 1. The van der Waals surface area contributed by atoms with Gasteiger partial charge in [0.2, 0.25) is 5.91 Å². The maximum absolute atomic E-state index is 12.2. The highest BCUT2D eigenvalue weighted by atomic mass is 16.1. The van der Waals surface area contributed by atoms with Gasteiger partial charge in [0.05, 0.1) is 0 Å². The molecule has 0 heterocycles. The van der Waals surface area contributed by atoms with E-state index in [9.17, 15) is 4.79 Å². The van der Waals surface area contributed by atoms with E-state index in [1.807, 2.05) is 0 Å². The van der Waals surface area contributed by atoms with Crippen LogP contribution in [0.3, 0.4) is 0 Å². The Hall–Kier alpha value is -0.530. The molecule has 98 valence electrons. The fourth-order valence-electron chi connectivity index (χ4n) is 3.97. The molecule has 0 bridgehead atoms. The van der Waals surface area contributed by atoms with E-state index in [1.54, 1.807) is 7.05 Å². The van der Waals surface area contributed by atoms with Crippen molar-refractivity contribution in [1.82, 2.24) is 5.32 Å². The van der Waals surface area contributed by atoms with E-state index in [0.29, 0.717) is 23.7 Å². The fraction of sp³-hybridized carbons (Fsp3) is 0.933. The van der Waals surface area contributed by atoms with Crippen LogP contribution in [-0.4, -0.2) is 13.0 Å². The maximum atomic E-state index is 12.2. The Labute approximate surface area is 106 Å². The first kappa shape index (κ1) is 12.9. The molecule has 2 heteroatoms. The first-order chi connectivity index (χ1) is 8.33. The van der Waals surface area contributed by atoms with Crippen LogP contribution in [0.4, 0.5) is 0 Å². The molecule has 0 unspecified atom stereocenters. The van der Waals surface area contributed by atoms with Crippen molar-refractivity contribution in [2.24, 2.45) is 17.8 Å². The lowest BCUT2D eigenvalue weighted by Crippen LogP contribution is -2.39. The van der Waals surface area contributed by atoms with Crippen molar-refractivity contribution in [3.63, 3.8) is 0 Å². The van der Waals surface area contributed by atoms with Gasteiger partial charge in [-0.2, -0.15) is 0 Å². The summed E-state index contributed by atoms with van der Waals surface area (Å²) in [5.41, 5.74) is 0. The highest BCUT2D eigenvalue weighted by molar-refractivity contribution is 5.79. The molecule has 1 amide bonds. The largest absolute Gasteiger partial charge is 0.359 e. The van der Waals surface area contributed by atoms with Crippen molar-refractivity contribution in [1.29, 1.82) is 0 Å². The Kier molecular flexibility index (Phi) is 4.87. The van der Waals surface area contributed by atoms with Crippen molar-refractivity contribution in [3.8, 4) is 0 Å². The molecule has 0 saturated heterocycles. The highest BCUT2D eigenvalue weighted by Gasteiger charge is 2.35. The average Bonchev–Trinajstić information content (AvgIpc) is 2.41. The summed E-state index contributed by atoms with van der Waals surface area (Å²) in [6, 6.07) is 0. The molecule has 2 fully saturated rings. The van der Waals surface area contributed by atoms with E-state index >= 15 is 0 Å². The van der Waals surface area contributed by atoms with Crippen molar-refractivity contribution in [3.05, 3.63) is 0 Å². The van der Waals surface area contributed by atoms with E-state index in [-0.39, 0.29) is 0 Å². The second-order valence-electron chi connectivity index (χ2n) is 5.94. The standard InChI is InChI=1S/C15H27NO/c1-16-15(17)14(12-8-4-2-5-9-12)13-10-6-3-7-11-13/h12-14H,2-11H2,1H3,(H,16,17). The van der Waals surface area contributed by atoms with Gasteiger partial charge in [0, 0.05) is 13.0 Å². The Morgan fingerprint density at radius 1 is 0.882 bits per heavy atom. The fourth-order valence-corrected chi connectivity index (χ4v) is 3.97. The number of rotatable bonds is 3. The van der Waals surface area contributed by atoms with Gasteiger partial charge in [-0.05, 0) is 37.5 Å². The third-order valence-electron chi connectivity index (χ3n) is 4.86. The molecular formula is C15H27NO. The maximum Gasteiger partial charge on any atom is 0.223 e. The Balaban J connectivity index is 2.02. The molecule has 0 aromatic heterocycles. The molecule has 0 atom stereocenters. The summed E-state index contributed by atoms with van der Waals surface area (Å²) >= 11 is 0. The first-order valence-corrected chi connectivity index (χ1v) is 7.54. The number of nitrogens with one attached hydrogen (secondary N) is 1. The predicted molar refractivity (Wildman–Crippen MR) is 70.7 cm³/mol. The van der Waals surface area contributed by atoms with Gasteiger partial charge >= 0.3 is 0 Å². The minimum Gasteiger partial charge on any atom is -0.359 e. The molecule has 0 aromatic carbocycles. The number of hydrogen-bond donors (Lipinski definition) is 1. The predicted octanol–water partition coefficient (Wildman–Crippen LogP) is 3.51. The van der Waals surface area contributed by atoms with E-state index in [0.717, 1.165) is 0 Å². The molecule has 17 heavy (non-hydrogen) atoms. The van der Waals surface area contributed by atoms with E-state index < -0.39 is 0 Å². The van der Waals surface area contributed by atoms with Gasteiger partial charge in [0.1, 0.15) is 0 Å². The minimum absolute atomic E-state index is 0.320. The summed E-state index contributed by atoms with van der Waals surface area (Å²) in [7, 11) is 1.81. The average molecular weight is 237 g/mol. The van der Waals surface area contributed by atoms with Crippen LogP contribution in [0.25, 0.3) is 0 Å². The van der Waals surface area contributed by atoms with Gasteiger partial charge < -0.3 is 5.32 Å². The molecule has 2 saturated carbocycles. The molecule has 2 aliphatic carbocycles. The smallest absolute Gasteiger partial charge is 0.223 e. The molecule has 2 rings (SSSR count). The Morgan fingerprint density at radius 3 is 1.65 bits per heavy atom. The normalized spacial score (nSPS) is 23.9.